The number of hydrogen-bond donors (Lipinski definition) is 2. The summed E-state index contributed by atoms with van der Waals surface area (Å²) in [5.74, 6) is -3.01. The molecule has 2 heterocycles. The van der Waals surface area contributed by atoms with E-state index >= 15 is 4.39 Å². The average molecular weight is 365 g/mol. The van der Waals surface area contributed by atoms with Gasteiger partial charge in [-0.05, 0) is 32.3 Å². The number of aromatic nitrogens is 1. The number of anilines is 1. The molecule has 26 heavy (non-hydrogen) atoms. The molecule has 2 atom stereocenters. The smallest absolute Gasteiger partial charge is 0.341 e. The Morgan fingerprint density at radius 2 is 2.15 bits per heavy atom. The minimum absolute atomic E-state index is 0.0804. The van der Waals surface area contributed by atoms with E-state index in [1.165, 1.54) is 4.57 Å². The Kier molecular flexibility index (Phi) is 4.70. The Morgan fingerprint density at radius 3 is 2.69 bits per heavy atom. The second-order valence-electron chi connectivity index (χ2n) is 6.73. The third-order valence-electron chi connectivity index (χ3n) is 5.09. The lowest BCUT2D eigenvalue weighted by Gasteiger charge is -2.23. The van der Waals surface area contributed by atoms with Crippen molar-refractivity contribution in [1.82, 2.24) is 4.57 Å². The molecular formula is C18H21F2N3O3. The highest BCUT2D eigenvalue weighted by atomic mass is 19.1. The van der Waals surface area contributed by atoms with Crippen molar-refractivity contribution >= 4 is 22.6 Å². The van der Waals surface area contributed by atoms with Crippen molar-refractivity contribution in [3.8, 4) is 0 Å². The maximum atomic E-state index is 15.3. The van der Waals surface area contributed by atoms with Gasteiger partial charge in [0.1, 0.15) is 17.1 Å². The standard InChI is InChI=1S/C18H21F2N3O3/c1-3-22-8-12(18(25)26)17(24)11-6-13(19)16(14(20)15(11)22)23-5-4-10(7-23)9(2)21/h6,8-10H,3-5,7,21H2,1-2H3,(H,25,26)/t9-,10-/m0/s1. The summed E-state index contributed by atoms with van der Waals surface area (Å²) in [6.45, 7) is 4.70. The molecule has 0 saturated carbocycles. The lowest BCUT2D eigenvalue weighted by molar-refractivity contribution is 0.0695. The number of benzene rings is 1. The molecule has 0 spiro atoms. The predicted octanol–water partition coefficient (Wildman–Crippen LogP) is 2.17. The molecule has 0 aliphatic carbocycles. The number of nitrogens with two attached hydrogens (primary N) is 1. The molecular weight excluding hydrogens is 344 g/mol. The Hall–Kier alpha value is -2.48. The first-order chi connectivity index (χ1) is 12.3. The van der Waals surface area contributed by atoms with Crippen LogP contribution in [0.25, 0.3) is 10.9 Å². The van der Waals surface area contributed by atoms with E-state index in [0.717, 1.165) is 18.7 Å². The van der Waals surface area contributed by atoms with Crippen molar-refractivity contribution in [2.45, 2.75) is 32.9 Å². The zero-order valence-electron chi connectivity index (χ0n) is 14.6. The number of hydrogen-bond acceptors (Lipinski definition) is 4. The van der Waals surface area contributed by atoms with Crippen LogP contribution in [0.4, 0.5) is 14.5 Å². The number of carboxylic acids is 1. The number of carbonyl (C=O) groups is 1. The van der Waals surface area contributed by atoms with Gasteiger partial charge in [-0.2, -0.15) is 0 Å². The molecule has 2 aromatic rings. The second kappa shape index (κ2) is 6.68. The van der Waals surface area contributed by atoms with Gasteiger partial charge in [-0.3, -0.25) is 4.79 Å². The predicted molar refractivity (Wildman–Crippen MR) is 94.7 cm³/mol. The van der Waals surface area contributed by atoms with E-state index in [-0.39, 0.29) is 35.1 Å². The molecule has 8 heteroatoms. The fraction of sp³-hybridized carbons (Fsp3) is 0.444. The minimum Gasteiger partial charge on any atom is -0.477 e. The maximum Gasteiger partial charge on any atom is 0.341 e. The molecule has 0 radical (unpaired) electrons. The van der Waals surface area contributed by atoms with Crippen molar-refractivity contribution in [3.05, 3.63) is 39.7 Å². The van der Waals surface area contributed by atoms with Crippen LogP contribution < -0.4 is 16.1 Å². The third-order valence-corrected chi connectivity index (χ3v) is 5.09. The zero-order chi connectivity index (χ0) is 19.2. The molecule has 0 amide bonds. The van der Waals surface area contributed by atoms with Gasteiger partial charge in [-0.15, -0.1) is 0 Å². The van der Waals surface area contributed by atoms with Crippen LogP contribution in [0, 0.1) is 17.6 Å². The Balaban J connectivity index is 2.24. The normalized spacial score (nSPS) is 18.5. The summed E-state index contributed by atoms with van der Waals surface area (Å²) in [4.78, 5) is 25.2. The highest BCUT2D eigenvalue weighted by molar-refractivity contribution is 5.93. The van der Waals surface area contributed by atoms with Crippen LogP contribution in [0.2, 0.25) is 0 Å². The van der Waals surface area contributed by atoms with Crippen molar-refractivity contribution in [1.29, 1.82) is 0 Å². The van der Waals surface area contributed by atoms with Gasteiger partial charge in [0.05, 0.1) is 10.9 Å². The Morgan fingerprint density at radius 1 is 1.46 bits per heavy atom. The summed E-state index contributed by atoms with van der Waals surface area (Å²) in [6, 6.07) is 0.854. The fourth-order valence-electron chi connectivity index (χ4n) is 3.59. The van der Waals surface area contributed by atoms with Crippen molar-refractivity contribution in [2.75, 3.05) is 18.0 Å². The van der Waals surface area contributed by atoms with Gasteiger partial charge in [-0.25, -0.2) is 13.6 Å². The van der Waals surface area contributed by atoms with Crippen molar-refractivity contribution in [3.63, 3.8) is 0 Å². The first-order valence-electron chi connectivity index (χ1n) is 8.55. The molecule has 3 N–H and O–H groups in total. The molecule has 140 valence electrons. The van der Waals surface area contributed by atoms with E-state index < -0.39 is 28.6 Å². The van der Waals surface area contributed by atoms with Crippen LogP contribution in [-0.2, 0) is 6.54 Å². The molecule has 6 nitrogen and oxygen atoms in total. The number of rotatable bonds is 4. The maximum absolute atomic E-state index is 15.3. The topological polar surface area (TPSA) is 88.6 Å². The number of pyridine rings is 1. The average Bonchev–Trinajstić information content (AvgIpc) is 3.05. The quantitative estimate of drug-likeness (QED) is 0.867. The van der Waals surface area contributed by atoms with Crippen LogP contribution in [0.5, 0.6) is 0 Å². The monoisotopic (exact) mass is 365 g/mol. The summed E-state index contributed by atoms with van der Waals surface area (Å²) < 4.78 is 31.3. The lowest BCUT2D eigenvalue weighted by atomic mass is 10.0. The van der Waals surface area contributed by atoms with E-state index in [4.69, 9.17) is 5.73 Å². The highest BCUT2D eigenvalue weighted by Crippen LogP contribution is 2.33. The molecule has 0 unspecified atom stereocenters. The van der Waals surface area contributed by atoms with Crippen molar-refractivity contribution < 1.29 is 18.7 Å². The number of carboxylic acid groups (broad SMARTS) is 1. The molecule has 1 saturated heterocycles. The Bertz CT molecular complexity index is 940. The van der Waals surface area contributed by atoms with Gasteiger partial charge in [0.25, 0.3) is 0 Å². The third kappa shape index (κ3) is 2.84. The van der Waals surface area contributed by atoms with E-state index in [9.17, 15) is 19.1 Å². The van der Waals surface area contributed by atoms with Crippen molar-refractivity contribution in [2.24, 2.45) is 11.7 Å². The molecule has 1 aromatic heterocycles. The number of nitrogens with zero attached hydrogens (tertiary/aromatic N) is 2. The number of fused-ring (bicyclic) bond motifs is 1. The lowest BCUT2D eigenvalue weighted by Crippen LogP contribution is -2.30. The van der Waals surface area contributed by atoms with Gasteiger partial charge in [0.15, 0.2) is 5.82 Å². The molecule has 1 aliphatic rings. The van der Waals surface area contributed by atoms with Crippen LogP contribution in [-0.4, -0.2) is 34.8 Å². The van der Waals surface area contributed by atoms with Crippen LogP contribution >= 0.6 is 0 Å². The van der Waals surface area contributed by atoms with Gasteiger partial charge in [0, 0.05) is 31.9 Å². The van der Waals surface area contributed by atoms with Crippen LogP contribution in [0.1, 0.15) is 30.6 Å². The minimum atomic E-state index is -1.43. The molecule has 3 rings (SSSR count). The van der Waals surface area contributed by atoms with Gasteiger partial charge in [0.2, 0.25) is 5.43 Å². The summed E-state index contributed by atoms with van der Waals surface area (Å²) in [6.07, 6.45) is 1.83. The molecule has 1 aromatic carbocycles. The van der Waals surface area contributed by atoms with Gasteiger partial charge < -0.3 is 20.3 Å². The molecule has 0 bridgehead atoms. The summed E-state index contributed by atoms with van der Waals surface area (Å²) in [5.41, 5.74) is 4.23. The highest BCUT2D eigenvalue weighted by Gasteiger charge is 2.31. The van der Waals surface area contributed by atoms with Gasteiger partial charge in [-0.1, -0.05) is 0 Å². The van der Waals surface area contributed by atoms with Crippen LogP contribution in [0.15, 0.2) is 17.1 Å². The number of aromatic carboxylic acids is 1. The SMILES string of the molecule is CCn1cc(C(=O)O)c(=O)c2cc(F)c(N3CC[C@H]([C@H](C)N)C3)c(F)c21. The number of halogens is 2. The Labute approximate surface area is 148 Å². The first kappa shape index (κ1) is 18.3. The summed E-state index contributed by atoms with van der Waals surface area (Å²) >= 11 is 0. The first-order valence-corrected chi connectivity index (χ1v) is 8.55. The van der Waals surface area contributed by atoms with E-state index in [1.807, 2.05) is 6.92 Å². The summed E-state index contributed by atoms with van der Waals surface area (Å²) in [7, 11) is 0. The van der Waals surface area contributed by atoms with Crippen LogP contribution in [0.3, 0.4) is 0 Å². The van der Waals surface area contributed by atoms with Gasteiger partial charge >= 0.3 is 5.97 Å². The molecule has 1 fully saturated rings. The van der Waals surface area contributed by atoms with E-state index in [0.29, 0.717) is 13.1 Å². The van der Waals surface area contributed by atoms with E-state index in [1.54, 1.807) is 11.8 Å². The summed E-state index contributed by atoms with van der Waals surface area (Å²) in [5, 5.41) is 8.90. The molecule has 1 aliphatic heterocycles. The number of aryl methyl sites for hydroxylation is 1. The largest absolute Gasteiger partial charge is 0.477 e. The zero-order valence-corrected chi connectivity index (χ0v) is 14.6. The van der Waals surface area contributed by atoms with E-state index in [2.05, 4.69) is 0 Å². The fourth-order valence-corrected chi connectivity index (χ4v) is 3.59. The second-order valence-corrected chi connectivity index (χ2v) is 6.73.